The second-order valence-electron chi connectivity index (χ2n) is 4.36. The summed E-state index contributed by atoms with van der Waals surface area (Å²) < 4.78 is 13.4. The molecule has 1 aromatic rings. The summed E-state index contributed by atoms with van der Waals surface area (Å²) in [7, 11) is 2.06. The molecule has 1 unspecified atom stereocenters. The summed E-state index contributed by atoms with van der Waals surface area (Å²) in [5.74, 6) is -0.435. The molecule has 5 heteroatoms. The van der Waals surface area contributed by atoms with Crippen molar-refractivity contribution in [1.82, 2.24) is 10.2 Å². The fourth-order valence-corrected chi connectivity index (χ4v) is 2.16. The molecule has 0 aliphatic heterocycles. The van der Waals surface area contributed by atoms with Crippen molar-refractivity contribution in [1.29, 1.82) is 0 Å². The maximum absolute atomic E-state index is 13.4. The molecule has 18 heavy (non-hydrogen) atoms. The Morgan fingerprint density at radius 3 is 2.61 bits per heavy atom. The van der Waals surface area contributed by atoms with E-state index in [1.807, 2.05) is 6.92 Å². The summed E-state index contributed by atoms with van der Waals surface area (Å²) in [5, 5.41) is 3.86. The van der Waals surface area contributed by atoms with Crippen LogP contribution in [0.5, 0.6) is 0 Å². The van der Waals surface area contributed by atoms with Crippen molar-refractivity contribution in [3.8, 4) is 0 Å². The first-order valence-electron chi connectivity index (χ1n) is 6.02. The topological polar surface area (TPSA) is 15.3 Å². The molecule has 0 spiro atoms. The molecule has 0 saturated carbocycles. The zero-order valence-electron chi connectivity index (χ0n) is 10.9. The SMILES string of the molecule is CCN(C)CCNC(C)c1cc(F)c(Cl)cc1Cl. The van der Waals surface area contributed by atoms with Gasteiger partial charge in [0.1, 0.15) is 5.82 Å². The number of rotatable bonds is 6. The first kappa shape index (κ1) is 15.7. The van der Waals surface area contributed by atoms with Gasteiger partial charge in [-0.15, -0.1) is 0 Å². The quantitative estimate of drug-likeness (QED) is 0.804. The van der Waals surface area contributed by atoms with E-state index in [-0.39, 0.29) is 11.1 Å². The molecule has 1 N–H and O–H groups in total. The number of benzene rings is 1. The smallest absolute Gasteiger partial charge is 0.142 e. The van der Waals surface area contributed by atoms with Crippen LogP contribution in [0.1, 0.15) is 25.5 Å². The summed E-state index contributed by atoms with van der Waals surface area (Å²) in [6, 6.07) is 2.84. The highest BCUT2D eigenvalue weighted by atomic mass is 35.5. The molecule has 0 aromatic heterocycles. The average Bonchev–Trinajstić information content (AvgIpc) is 2.33. The minimum Gasteiger partial charge on any atom is -0.309 e. The van der Waals surface area contributed by atoms with Crippen molar-refractivity contribution < 1.29 is 4.39 Å². The van der Waals surface area contributed by atoms with Crippen molar-refractivity contribution in [3.63, 3.8) is 0 Å². The van der Waals surface area contributed by atoms with Crippen molar-refractivity contribution in [3.05, 3.63) is 33.6 Å². The lowest BCUT2D eigenvalue weighted by atomic mass is 10.1. The van der Waals surface area contributed by atoms with E-state index >= 15 is 0 Å². The van der Waals surface area contributed by atoms with E-state index in [4.69, 9.17) is 23.2 Å². The second-order valence-corrected chi connectivity index (χ2v) is 5.17. The standard InChI is InChI=1S/C13H19Cl2FN2/c1-4-18(3)6-5-17-9(2)10-7-13(16)12(15)8-11(10)14/h7-9,17H,4-6H2,1-3H3. The van der Waals surface area contributed by atoms with Crippen molar-refractivity contribution in [2.45, 2.75) is 19.9 Å². The molecule has 1 atom stereocenters. The van der Waals surface area contributed by atoms with Crippen molar-refractivity contribution in [2.24, 2.45) is 0 Å². The Bertz CT molecular complexity index is 399. The van der Waals surface area contributed by atoms with E-state index in [2.05, 4.69) is 24.2 Å². The monoisotopic (exact) mass is 292 g/mol. The first-order valence-corrected chi connectivity index (χ1v) is 6.77. The van der Waals surface area contributed by atoms with E-state index in [0.29, 0.717) is 5.02 Å². The lowest BCUT2D eigenvalue weighted by Gasteiger charge is -2.19. The van der Waals surface area contributed by atoms with Crippen molar-refractivity contribution >= 4 is 23.2 Å². The Hall–Kier alpha value is -0.350. The highest BCUT2D eigenvalue weighted by molar-refractivity contribution is 6.35. The van der Waals surface area contributed by atoms with Crippen LogP contribution in [0.15, 0.2) is 12.1 Å². The molecule has 2 nitrogen and oxygen atoms in total. The Balaban J connectivity index is 2.61. The number of hydrogen-bond donors (Lipinski definition) is 1. The summed E-state index contributed by atoms with van der Waals surface area (Å²) >= 11 is 11.7. The number of nitrogens with zero attached hydrogens (tertiary/aromatic N) is 1. The molecule has 0 saturated heterocycles. The van der Waals surface area contributed by atoms with Crippen LogP contribution in [0.3, 0.4) is 0 Å². The number of halogens is 3. The lowest BCUT2D eigenvalue weighted by Crippen LogP contribution is -2.30. The zero-order chi connectivity index (χ0) is 13.7. The Morgan fingerprint density at radius 2 is 2.00 bits per heavy atom. The Kier molecular flexibility index (Phi) is 6.36. The molecule has 1 rings (SSSR count). The summed E-state index contributed by atoms with van der Waals surface area (Å²) in [6.07, 6.45) is 0. The number of likely N-dealkylation sites (N-methyl/N-ethyl adjacent to an activating group) is 1. The fraction of sp³-hybridized carbons (Fsp3) is 0.538. The van der Waals surface area contributed by atoms with E-state index in [0.717, 1.165) is 25.2 Å². The van der Waals surface area contributed by atoms with Gasteiger partial charge in [-0.05, 0) is 38.2 Å². The maximum atomic E-state index is 13.4. The van der Waals surface area contributed by atoms with Gasteiger partial charge in [-0.25, -0.2) is 4.39 Å². The highest BCUT2D eigenvalue weighted by Crippen LogP contribution is 2.28. The summed E-state index contributed by atoms with van der Waals surface area (Å²) in [5.41, 5.74) is 0.734. The number of hydrogen-bond acceptors (Lipinski definition) is 2. The van der Waals surface area contributed by atoms with Gasteiger partial charge in [0.2, 0.25) is 0 Å². The lowest BCUT2D eigenvalue weighted by molar-refractivity contribution is 0.342. The van der Waals surface area contributed by atoms with Crippen LogP contribution < -0.4 is 5.32 Å². The van der Waals surface area contributed by atoms with Crippen LogP contribution in [-0.4, -0.2) is 31.6 Å². The average molecular weight is 293 g/mol. The molecule has 0 aliphatic rings. The van der Waals surface area contributed by atoms with Gasteiger partial charge in [-0.2, -0.15) is 0 Å². The molecule has 0 amide bonds. The zero-order valence-corrected chi connectivity index (χ0v) is 12.4. The predicted molar refractivity (Wildman–Crippen MR) is 76.0 cm³/mol. The third kappa shape index (κ3) is 4.39. The maximum Gasteiger partial charge on any atom is 0.142 e. The van der Waals surface area contributed by atoms with Gasteiger partial charge >= 0.3 is 0 Å². The minimum atomic E-state index is -0.435. The largest absolute Gasteiger partial charge is 0.309 e. The molecule has 0 heterocycles. The second kappa shape index (κ2) is 7.29. The van der Waals surface area contributed by atoms with Gasteiger partial charge < -0.3 is 10.2 Å². The molecular formula is C13H19Cl2FN2. The third-order valence-corrected chi connectivity index (χ3v) is 3.61. The molecule has 0 bridgehead atoms. The van der Waals surface area contributed by atoms with Gasteiger partial charge in [0, 0.05) is 24.2 Å². The van der Waals surface area contributed by atoms with Gasteiger partial charge in [0.05, 0.1) is 5.02 Å². The van der Waals surface area contributed by atoms with Gasteiger partial charge in [-0.3, -0.25) is 0 Å². The molecule has 0 aliphatic carbocycles. The molecule has 0 radical (unpaired) electrons. The first-order chi connectivity index (χ1) is 8.45. The predicted octanol–water partition coefficient (Wildman–Crippen LogP) is 3.73. The van der Waals surface area contributed by atoms with Crippen LogP contribution in [0.25, 0.3) is 0 Å². The fourth-order valence-electron chi connectivity index (χ4n) is 1.61. The molecule has 0 fully saturated rings. The number of nitrogens with one attached hydrogen (secondary N) is 1. The Labute approximate surface area is 118 Å². The van der Waals surface area contributed by atoms with Gasteiger partial charge in [0.15, 0.2) is 0 Å². The minimum absolute atomic E-state index is 0.00507. The van der Waals surface area contributed by atoms with Crippen LogP contribution in [0, 0.1) is 5.82 Å². The van der Waals surface area contributed by atoms with E-state index in [9.17, 15) is 4.39 Å². The molecule has 1 aromatic carbocycles. The van der Waals surface area contributed by atoms with Gasteiger partial charge in [0.25, 0.3) is 0 Å². The van der Waals surface area contributed by atoms with Gasteiger partial charge in [-0.1, -0.05) is 30.1 Å². The summed E-state index contributed by atoms with van der Waals surface area (Å²) in [4.78, 5) is 2.20. The van der Waals surface area contributed by atoms with E-state index < -0.39 is 5.82 Å². The highest BCUT2D eigenvalue weighted by Gasteiger charge is 2.12. The third-order valence-electron chi connectivity index (χ3n) is 2.99. The van der Waals surface area contributed by atoms with Crippen LogP contribution >= 0.6 is 23.2 Å². The Morgan fingerprint density at radius 1 is 1.33 bits per heavy atom. The van der Waals surface area contributed by atoms with Crippen LogP contribution in [0.2, 0.25) is 10.0 Å². The van der Waals surface area contributed by atoms with Crippen LogP contribution in [0.4, 0.5) is 4.39 Å². The van der Waals surface area contributed by atoms with E-state index in [1.165, 1.54) is 12.1 Å². The summed E-state index contributed by atoms with van der Waals surface area (Å²) in [6.45, 7) is 6.84. The molecule has 102 valence electrons. The molecular weight excluding hydrogens is 274 g/mol. The van der Waals surface area contributed by atoms with Crippen LogP contribution in [-0.2, 0) is 0 Å². The normalized spacial score (nSPS) is 13.1. The van der Waals surface area contributed by atoms with Crippen molar-refractivity contribution in [2.75, 3.05) is 26.7 Å². The van der Waals surface area contributed by atoms with E-state index in [1.54, 1.807) is 0 Å².